The van der Waals surface area contributed by atoms with Crippen LogP contribution in [0.3, 0.4) is 0 Å². The van der Waals surface area contributed by atoms with Crippen LogP contribution >= 0.6 is 0 Å². The van der Waals surface area contributed by atoms with Crippen molar-refractivity contribution in [3.8, 4) is 0 Å². The number of hydrogen-bond donors (Lipinski definition) is 1. The molecular weight excluding hydrogens is 244 g/mol. The second-order valence-corrected chi connectivity index (χ2v) is 5.25. The average Bonchev–Trinajstić information content (AvgIpc) is 2.39. The van der Waals surface area contributed by atoms with Gasteiger partial charge in [0.1, 0.15) is 0 Å². The highest BCUT2D eigenvalue weighted by atomic mass is 16.6. The van der Waals surface area contributed by atoms with E-state index in [1.807, 2.05) is 0 Å². The molecule has 1 saturated carbocycles. The van der Waals surface area contributed by atoms with Crippen molar-refractivity contribution in [2.45, 2.75) is 45.3 Å². The molecule has 0 saturated heterocycles. The van der Waals surface area contributed by atoms with E-state index in [1.54, 1.807) is 6.07 Å². The molecule has 2 unspecified atom stereocenters. The van der Waals surface area contributed by atoms with E-state index in [2.05, 4.69) is 6.92 Å². The molecule has 5 heteroatoms. The van der Waals surface area contributed by atoms with E-state index in [-0.39, 0.29) is 11.8 Å². The first-order chi connectivity index (χ1) is 9.08. The maximum Gasteiger partial charge on any atom is 0.269 e. The van der Waals surface area contributed by atoms with E-state index < -0.39 is 4.92 Å². The van der Waals surface area contributed by atoms with E-state index in [0.717, 1.165) is 6.42 Å². The number of nitro benzene ring substituents is 1. The van der Waals surface area contributed by atoms with Gasteiger partial charge in [0.05, 0.1) is 17.6 Å². The molecule has 2 N–H and O–H groups in total. The number of ether oxygens (including phenoxy) is 1. The largest absolute Gasteiger partial charge is 0.398 e. The molecular formula is C14H20N2O3. The quantitative estimate of drug-likeness (QED) is 0.514. The molecule has 1 aliphatic carbocycles. The van der Waals surface area contributed by atoms with Gasteiger partial charge in [0.15, 0.2) is 0 Å². The molecule has 0 aliphatic heterocycles. The van der Waals surface area contributed by atoms with Gasteiger partial charge in [-0.25, -0.2) is 0 Å². The number of hydrogen-bond acceptors (Lipinski definition) is 4. The third-order valence-electron chi connectivity index (χ3n) is 3.82. The number of nitrogens with two attached hydrogens (primary N) is 1. The van der Waals surface area contributed by atoms with Crippen LogP contribution < -0.4 is 5.73 Å². The zero-order valence-corrected chi connectivity index (χ0v) is 11.2. The van der Waals surface area contributed by atoms with E-state index in [0.29, 0.717) is 23.8 Å². The summed E-state index contributed by atoms with van der Waals surface area (Å²) in [6.07, 6.45) is 4.96. The van der Waals surface area contributed by atoms with Gasteiger partial charge in [-0.3, -0.25) is 10.1 Å². The highest BCUT2D eigenvalue weighted by Crippen LogP contribution is 2.28. The lowest BCUT2D eigenvalue weighted by Gasteiger charge is -2.28. The van der Waals surface area contributed by atoms with Crippen LogP contribution in [0, 0.1) is 16.0 Å². The first-order valence-corrected chi connectivity index (χ1v) is 6.72. The molecule has 0 amide bonds. The number of rotatable bonds is 4. The summed E-state index contributed by atoms with van der Waals surface area (Å²) in [6, 6.07) is 4.49. The normalized spacial score (nSPS) is 23.2. The van der Waals surface area contributed by atoms with Crippen molar-refractivity contribution < 1.29 is 9.66 Å². The van der Waals surface area contributed by atoms with Crippen molar-refractivity contribution in [1.29, 1.82) is 0 Å². The predicted molar refractivity (Wildman–Crippen MR) is 73.7 cm³/mol. The van der Waals surface area contributed by atoms with Crippen molar-refractivity contribution in [3.63, 3.8) is 0 Å². The molecule has 0 aromatic heterocycles. The van der Waals surface area contributed by atoms with Crippen LogP contribution in [-0.2, 0) is 11.3 Å². The van der Waals surface area contributed by atoms with Gasteiger partial charge in [0.25, 0.3) is 5.69 Å². The minimum Gasteiger partial charge on any atom is -0.398 e. The summed E-state index contributed by atoms with van der Waals surface area (Å²) in [5, 5.41) is 10.7. The van der Waals surface area contributed by atoms with Crippen LogP contribution in [0.4, 0.5) is 11.4 Å². The molecule has 19 heavy (non-hydrogen) atoms. The Hall–Kier alpha value is -1.62. The summed E-state index contributed by atoms with van der Waals surface area (Å²) in [7, 11) is 0. The van der Waals surface area contributed by atoms with E-state index in [4.69, 9.17) is 10.5 Å². The van der Waals surface area contributed by atoms with Crippen molar-refractivity contribution in [1.82, 2.24) is 0 Å². The lowest BCUT2D eigenvalue weighted by Crippen LogP contribution is -2.25. The minimum atomic E-state index is -0.411. The second kappa shape index (κ2) is 6.02. The molecule has 1 aromatic rings. The molecule has 0 bridgehead atoms. The summed E-state index contributed by atoms with van der Waals surface area (Å²) >= 11 is 0. The van der Waals surface area contributed by atoms with Gasteiger partial charge in [0.2, 0.25) is 0 Å². The summed E-state index contributed by atoms with van der Waals surface area (Å²) in [5.74, 6) is 0.550. The lowest BCUT2D eigenvalue weighted by atomic mass is 9.88. The second-order valence-electron chi connectivity index (χ2n) is 5.25. The average molecular weight is 264 g/mol. The first-order valence-electron chi connectivity index (χ1n) is 6.72. The number of non-ortho nitro benzene ring substituents is 1. The summed E-state index contributed by atoms with van der Waals surface area (Å²) < 4.78 is 5.89. The predicted octanol–water partition coefficient (Wildman–Crippen LogP) is 3.27. The molecule has 0 heterocycles. The van der Waals surface area contributed by atoms with Gasteiger partial charge in [0, 0.05) is 23.4 Å². The highest BCUT2D eigenvalue weighted by molar-refractivity contribution is 5.52. The highest BCUT2D eigenvalue weighted by Gasteiger charge is 2.22. The number of benzene rings is 1. The smallest absolute Gasteiger partial charge is 0.269 e. The monoisotopic (exact) mass is 264 g/mol. The number of nitro groups is 1. The molecule has 1 fully saturated rings. The fourth-order valence-corrected chi connectivity index (χ4v) is 2.56. The standard InChI is InChI=1S/C14H20N2O3/c1-10-4-2-3-5-14(10)19-9-11-8-12(16(17)18)6-7-13(11)15/h6-8,10,14H,2-5,9,15H2,1H3. The SMILES string of the molecule is CC1CCCCC1OCc1cc([N+](=O)[O-])ccc1N. The summed E-state index contributed by atoms with van der Waals surface area (Å²) in [5.41, 5.74) is 7.15. The molecule has 1 aromatic carbocycles. The molecule has 0 spiro atoms. The Bertz CT molecular complexity index is 462. The van der Waals surface area contributed by atoms with Crippen LogP contribution in [0.1, 0.15) is 38.2 Å². The lowest BCUT2D eigenvalue weighted by molar-refractivity contribution is -0.384. The maximum atomic E-state index is 10.7. The number of anilines is 1. The first kappa shape index (κ1) is 13.8. The third-order valence-corrected chi connectivity index (χ3v) is 3.82. The van der Waals surface area contributed by atoms with Crippen LogP contribution in [0.2, 0.25) is 0 Å². The Labute approximate surface area is 112 Å². The topological polar surface area (TPSA) is 78.4 Å². The van der Waals surface area contributed by atoms with Crippen molar-refractivity contribution >= 4 is 11.4 Å². The molecule has 1 aliphatic rings. The van der Waals surface area contributed by atoms with Gasteiger partial charge >= 0.3 is 0 Å². The van der Waals surface area contributed by atoms with E-state index in [9.17, 15) is 10.1 Å². The fourth-order valence-electron chi connectivity index (χ4n) is 2.56. The summed E-state index contributed by atoms with van der Waals surface area (Å²) in [4.78, 5) is 10.3. The van der Waals surface area contributed by atoms with Crippen molar-refractivity contribution in [2.75, 3.05) is 5.73 Å². The zero-order valence-electron chi connectivity index (χ0n) is 11.2. The fraction of sp³-hybridized carbons (Fsp3) is 0.571. The van der Waals surface area contributed by atoms with Gasteiger partial charge in [-0.2, -0.15) is 0 Å². The van der Waals surface area contributed by atoms with Crippen LogP contribution in [0.25, 0.3) is 0 Å². The Kier molecular flexibility index (Phi) is 4.37. The van der Waals surface area contributed by atoms with Gasteiger partial charge in [-0.05, 0) is 24.8 Å². The minimum absolute atomic E-state index is 0.0597. The third kappa shape index (κ3) is 3.44. The van der Waals surface area contributed by atoms with Crippen LogP contribution in [0.5, 0.6) is 0 Å². The van der Waals surface area contributed by atoms with E-state index >= 15 is 0 Å². The molecule has 0 radical (unpaired) electrons. The molecule has 2 rings (SSSR count). The van der Waals surface area contributed by atoms with Gasteiger partial charge in [-0.1, -0.05) is 19.8 Å². The zero-order chi connectivity index (χ0) is 13.8. The summed E-state index contributed by atoms with van der Waals surface area (Å²) in [6.45, 7) is 2.54. The Morgan fingerprint density at radius 1 is 1.42 bits per heavy atom. The number of nitrogen functional groups attached to an aromatic ring is 1. The Morgan fingerprint density at radius 2 is 2.16 bits per heavy atom. The van der Waals surface area contributed by atoms with Crippen molar-refractivity contribution in [2.24, 2.45) is 5.92 Å². The number of nitrogens with zero attached hydrogens (tertiary/aromatic N) is 1. The van der Waals surface area contributed by atoms with Crippen LogP contribution in [-0.4, -0.2) is 11.0 Å². The maximum absolute atomic E-state index is 10.7. The Morgan fingerprint density at radius 3 is 2.84 bits per heavy atom. The van der Waals surface area contributed by atoms with Gasteiger partial charge < -0.3 is 10.5 Å². The van der Waals surface area contributed by atoms with E-state index in [1.165, 1.54) is 31.4 Å². The Balaban J connectivity index is 2.02. The van der Waals surface area contributed by atoms with Crippen molar-refractivity contribution in [3.05, 3.63) is 33.9 Å². The van der Waals surface area contributed by atoms with Crippen LogP contribution in [0.15, 0.2) is 18.2 Å². The van der Waals surface area contributed by atoms with Gasteiger partial charge in [-0.15, -0.1) is 0 Å². The molecule has 2 atom stereocenters. The molecule has 5 nitrogen and oxygen atoms in total. The molecule has 104 valence electrons.